The molecule has 1 aliphatic heterocycles. The van der Waals surface area contributed by atoms with Gasteiger partial charge in [-0.25, -0.2) is 0 Å². The number of carbonyl (C=O) groups is 3. The molecule has 1 aromatic rings. The third-order valence-electron chi connectivity index (χ3n) is 5.56. The highest BCUT2D eigenvalue weighted by atomic mass is 16.5. The number of carbonyl (C=O) groups excluding carboxylic acids is 3. The van der Waals surface area contributed by atoms with Crippen molar-refractivity contribution >= 4 is 23.3 Å². The van der Waals surface area contributed by atoms with Crippen LogP contribution in [0.5, 0.6) is 0 Å². The van der Waals surface area contributed by atoms with Crippen LogP contribution in [-0.2, 0) is 19.1 Å². The maximum absolute atomic E-state index is 12.6. The molecule has 2 aliphatic rings. The summed E-state index contributed by atoms with van der Waals surface area (Å²) in [6.07, 6.45) is 1.31. The summed E-state index contributed by atoms with van der Waals surface area (Å²) in [6.45, 7) is 6.91. The first kappa shape index (κ1) is 19.4. The molecule has 2 fully saturated rings. The van der Waals surface area contributed by atoms with Gasteiger partial charge in [-0.05, 0) is 25.0 Å². The molecule has 0 bridgehead atoms. The van der Waals surface area contributed by atoms with E-state index < -0.39 is 0 Å². The van der Waals surface area contributed by atoms with E-state index >= 15 is 0 Å². The van der Waals surface area contributed by atoms with Crippen LogP contribution in [0.3, 0.4) is 0 Å². The summed E-state index contributed by atoms with van der Waals surface area (Å²) >= 11 is 0. The van der Waals surface area contributed by atoms with Crippen molar-refractivity contribution in [3.05, 3.63) is 29.8 Å². The SMILES string of the molecule is CCOC(=O)C1CC(=O)C(c2ccccc2N2CCN(C(=O)CC)CC2)C1. The van der Waals surface area contributed by atoms with Gasteiger partial charge in [0.2, 0.25) is 5.91 Å². The van der Waals surface area contributed by atoms with Gasteiger partial charge in [0.25, 0.3) is 0 Å². The van der Waals surface area contributed by atoms with Gasteiger partial charge in [-0.1, -0.05) is 25.1 Å². The zero-order valence-electron chi connectivity index (χ0n) is 16.1. The van der Waals surface area contributed by atoms with Gasteiger partial charge in [0, 0.05) is 50.6 Å². The number of ether oxygens (including phenoxy) is 1. The Morgan fingerprint density at radius 3 is 2.48 bits per heavy atom. The second-order valence-corrected chi connectivity index (χ2v) is 7.19. The summed E-state index contributed by atoms with van der Waals surface area (Å²) in [5, 5.41) is 0. The van der Waals surface area contributed by atoms with E-state index in [0.717, 1.165) is 24.3 Å². The van der Waals surface area contributed by atoms with Gasteiger partial charge in [0.1, 0.15) is 5.78 Å². The van der Waals surface area contributed by atoms with Crippen LogP contribution in [0.1, 0.15) is 44.6 Å². The van der Waals surface area contributed by atoms with Gasteiger partial charge in [0.15, 0.2) is 0 Å². The number of hydrogen-bond donors (Lipinski definition) is 0. The van der Waals surface area contributed by atoms with E-state index in [1.807, 2.05) is 36.1 Å². The molecule has 1 saturated carbocycles. The highest BCUT2D eigenvalue weighted by molar-refractivity contribution is 5.94. The molecule has 3 rings (SSSR count). The molecule has 1 saturated heterocycles. The third kappa shape index (κ3) is 4.15. The Balaban J connectivity index is 1.74. The number of piperazine rings is 1. The molecular weight excluding hydrogens is 344 g/mol. The molecule has 146 valence electrons. The monoisotopic (exact) mass is 372 g/mol. The number of amides is 1. The van der Waals surface area contributed by atoms with E-state index in [0.29, 0.717) is 32.5 Å². The molecule has 1 amide bonds. The number of Topliss-reactive ketones (excluding diaryl/α,β-unsaturated/α-hetero) is 1. The van der Waals surface area contributed by atoms with Crippen LogP contribution < -0.4 is 4.90 Å². The number of ketones is 1. The minimum Gasteiger partial charge on any atom is -0.466 e. The van der Waals surface area contributed by atoms with Gasteiger partial charge in [-0.3, -0.25) is 14.4 Å². The maximum Gasteiger partial charge on any atom is 0.309 e. The van der Waals surface area contributed by atoms with Gasteiger partial charge < -0.3 is 14.5 Å². The summed E-state index contributed by atoms with van der Waals surface area (Å²) in [6, 6.07) is 7.96. The van der Waals surface area contributed by atoms with Crippen LogP contribution in [0.25, 0.3) is 0 Å². The number of nitrogens with zero attached hydrogens (tertiary/aromatic N) is 2. The van der Waals surface area contributed by atoms with Crippen LogP contribution in [0, 0.1) is 5.92 Å². The van der Waals surface area contributed by atoms with E-state index in [4.69, 9.17) is 4.74 Å². The minimum absolute atomic E-state index is 0.111. The van der Waals surface area contributed by atoms with Gasteiger partial charge in [-0.2, -0.15) is 0 Å². The topological polar surface area (TPSA) is 66.9 Å². The van der Waals surface area contributed by atoms with Crippen molar-refractivity contribution in [2.24, 2.45) is 5.92 Å². The third-order valence-corrected chi connectivity index (χ3v) is 5.56. The van der Waals surface area contributed by atoms with Crippen LogP contribution in [0.15, 0.2) is 24.3 Å². The summed E-state index contributed by atoms with van der Waals surface area (Å²) in [5.41, 5.74) is 2.04. The Bertz CT molecular complexity index is 710. The number of benzene rings is 1. The first-order chi connectivity index (χ1) is 13.0. The summed E-state index contributed by atoms with van der Waals surface area (Å²) in [5.74, 6) is -0.565. The number of rotatable bonds is 5. The van der Waals surface area contributed by atoms with E-state index in [1.165, 1.54) is 0 Å². The lowest BCUT2D eigenvalue weighted by molar-refractivity contribution is -0.148. The largest absolute Gasteiger partial charge is 0.466 e. The fraction of sp³-hybridized carbons (Fsp3) is 0.571. The minimum atomic E-state index is -0.338. The summed E-state index contributed by atoms with van der Waals surface area (Å²) in [7, 11) is 0. The zero-order valence-corrected chi connectivity index (χ0v) is 16.1. The number of esters is 1. The highest BCUT2D eigenvalue weighted by Crippen LogP contribution is 2.40. The average molecular weight is 372 g/mol. The van der Waals surface area contributed by atoms with Gasteiger partial charge in [0.05, 0.1) is 12.5 Å². The molecule has 1 heterocycles. The normalized spacial score (nSPS) is 22.8. The highest BCUT2D eigenvalue weighted by Gasteiger charge is 2.39. The molecule has 1 aromatic carbocycles. The van der Waals surface area contributed by atoms with Crippen LogP contribution >= 0.6 is 0 Å². The molecule has 27 heavy (non-hydrogen) atoms. The Morgan fingerprint density at radius 2 is 1.81 bits per heavy atom. The predicted molar refractivity (Wildman–Crippen MR) is 103 cm³/mol. The van der Waals surface area contributed by atoms with Crippen molar-refractivity contribution < 1.29 is 19.1 Å². The molecule has 1 aliphatic carbocycles. The van der Waals surface area contributed by atoms with Crippen LogP contribution in [-0.4, -0.2) is 55.3 Å². The standard InChI is InChI=1S/C21H28N2O4/c1-3-20(25)23-11-9-22(10-12-23)18-8-6-5-7-16(18)17-13-15(14-19(17)24)21(26)27-4-2/h5-8,15,17H,3-4,9-14H2,1-2H3. The molecule has 2 atom stereocenters. The molecule has 2 unspecified atom stereocenters. The first-order valence-corrected chi connectivity index (χ1v) is 9.86. The molecule has 6 heteroatoms. The fourth-order valence-corrected chi connectivity index (χ4v) is 4.12. The van der Waals surface area contributed by atoms with Crippen molar-refractivity contribution in [3.63, 3.8) is 0 Å². The Labute approximate surface area is 160 Å². The van der Waals surface area contributed by atoms with Crippen molar-refractivity contribution in [1.82, 2.24) is 4.90 Å². The molecule has 0 aromatic heterocycles. The fourth-order valence-electron chi connectivity index (χ4n) is 4.12. The van der Waals surface area contributed by atoms with Crippen molar-refractivity contribution in [3.8, 4) is 0 Å². The Kier molecular flexibility index (Phi) is 6.14. The molecular formula is C21H28N2O4. The number of hydrogen-bond acceptors (Lipinski definition) is 5. The number of para-hydroxylation sites is 1. The van der Waals surface area contributed by atoms with Crippen LogP contribution in [0.4, 0.5) is 5.69 Å². The lowest BCUT2D eigenvalue weighted by Crippen LogP contribution is -2.49. The Hall–Kier alpha value is -2.37. The maximum atomic E-state index is 12.6. The smallest absolute Gasteiger partial charge is 0.309 e. The van der Waals surface area contributed by atoms with E-state index in [1.54, 1.807) is 6.92 Å². The number of anilines is 1. The second-order valence-electron chi connectivity index (χ2n) is 7.19. The first-order valence-electron chi connectivity index (χ1n) is 9.86. The van der Waals surface area contributed by atoms with Crippen molar-refractivity contribution in [2.75, 3.05) is 37.7 Å². The summed E-state index contributed by atoms with van der Waals surface area (Å²) in [4.78, 5) is 40.7. The van der Waals surface area contributed by atoms with Crippen molar-refractivity contribution in [2.45, 2.75) is 39.0 Å². The lowest BCUT2D eigenvalue weighted by Gasteiger charge is -2.37. The predicted octanol–water partition coefficient (Wildman–Crippen LogP) is 2.37. The molecule has 0 N–H and O–H groups in total. The Morgan fingerprint density at radius 1 is 1.11 bits per heavy atom. The average Bonchev–Trinajstić information content (AvgIpc) is 3.09. The van der Waals surface area contributed by atoms with E-state index in [9.17, 15) is 14.4 Å². The lowest BCUT2D eigenvalue weighted by atomic mass is 9.93. The molecule has 0 radical (unpaired) electrons. The van der Waals surface area contributed by atoms with E-state index in [2.05, 4.69) is 4.90 Å². The van der Waals surface area contributed by atoms with Gasteiger partial charge >= 0.3 is 5.97 Å². The second kappa shape index (κ2) is 8.55. The zero-order chi connectivity index (χ0) is 19.4. The quantitative estimate of drug-likeness (QED) is 0.743. The van der Waals surface area contributed by atoms with E-state index in [-0.39, 0.29) is 35.9 Å². The molecule has 6 nitrogen and oxygen atoms in total. The van der Waals surface area contributed by atoms with Crippen molar-refractivity contribution in [1.29, 1.82) is 0 Å². The van der Waals surface area contributed by atoms with Gasteiger partial charge in [-0.15, -0.1) is 0 Å². The summed E-state index contributed by atoms with van der Waals surface area (Å²) < 4.78 is 5.11. The molecule has 0 spiro atoms. The van der Waals surface area contributed by atoms with Crippen LogP contribution in [0.2, 0.25) is 0 Å².